The van der Waals surface area contributed by atoms with Crippen LogP contribution < -0.4 is 15.2 Å². The highest BCUT2D eigenvalue weighted by Crippen LogP contribution is 2.34. The molecule has 5 heteroatoms. The third-order valence-electron chi connectivity index (χ3n) is 3.66. The van der Waals surface area contributed by atoms with Crippen molar-refractivity contribution in [1.82, 2.24) is 10.2 Å². The van der Waals surface area contributed by atoms with Gasteiger partial charge in [0.1, 0.15) is 5.75 Å². The number of H-pyrrole nitrogens is 1. The molecule has 104 valence electrons. The van der Waals surface area contributed by atoms with E-state index in [1.165, 1.54) is 11.1 Å². The Morgan fingerprint density at radius 2 is 2.25 bits per heavy atom. The van der Waals surface area contributed by atoms with E-state index >= 15 is 0 Å². The van der Waals surface area contributed by atoms with Crippen LogP contribution in [-0.4, -0.2) is 16.8 Å². The van der Waals surface area contributed by atoms with Gasteiger partial charge in [-0.2, -0.15) is 5.10 Å². The minimum atomic E-state index is -0.136. The molecule has 1 aliphatic rings. The molecule has 0 fully saturated rings. The van der Waals surface area contributed by atoms with E-state index in [1.807, 2.05) is 26.0 Å². The summed E-state index contributed by atoms with van der Waals surface area (Å²) in [6.07, 6.45) is 1.71. The van der Waals surface area contributed by atoms with Crippen LogP contribution in [0.5, 0.6) is 5.75 Å². The number of nitrogens with one attached hydrogen (secondary N) is 1. The SMILES string of the molecule is CCOc1cccc2c1CN(c1cn[nH]c(=O)c1C)C2. The van der Waals surface area contributed by atoms with Gasteiger partial charge in [0.2, 0.25) is 0 Å². The summed E-state index contributed by atoms with van der Waals surface area (Å²) in [5, 5.41) is 6.36. The number of rotatable bonds is 3. The molecule has 0 unspecified atom stereocenters. The van der Waals surface area contributed by atoms with Crippen molar-refractivity contribution in [2.24, 2.45) is 0 Å². The van der Waals surface area contributed by atoms with Crippen LogP contribution in [0, 0.1) is 6.92 Å². The van der Waals surface area contributed by atoms with Crippen molar-refractivity contribution in [1.29, 1.82) is 0 Å². The Morgan fingerprint density at radius 3 is 3.05 bits per heavy atom. The van der Waals surface area contributed by atoms with E-state index in [4.69, 9.17) is 4.74 Å². The molecule has 0 amide bonds. The van der Waals surface area contributed by atoms with Gasteiger partial charge >= 0.3 is 0 Å². The summed E-state index contributed by atoms with van der Waals surface area (Å²) >= 11 is 0. The Bertz CT molecular complexity index is 694. The molecular formula is C15H17N3O2. The molecule has 5 nitrogen and oxygen atoms in total. The third kappa shape index (κ3) is 2.05. The maximum Gasteiger partial charge on any atom is 0.269 e. The van der Waals surface area contributed by atoms with Crippen LogP contribution in [0.3, 0.4) is 0 Å². The lowest BCUT2D eigenvalue weighted by molar-refractivity contribution is 0.337. The molecule has 3 rings (SSSR count). The van der Waals surface area contributed by atoms with Crippen molar-refractivity contribution in [3.05, 3.63) is 51.4 Å². The van der Waals surface area contributed by atoms with Crippen molar-refractivity contribution in [2.75, 3.05) is 11.5 Å². The first-order valence-electron chi connectivity index (χ1n) is 6.73. The predicted molar refractivity (Wildman–Crippen MR) is 77.1 cm³/mol. The molecule has 0 saturated heterocycles. The number of hydrogen-bond donors (Lipinski definition) is 1. The van der Waals surface area contributed by atoms with Gasteiger partial charge in [0.15, 0.2) is 0 Å². The van der Waals surface area contributed by atoms with E-state index < -0.39 is 0 Å². The first-order valence-corrected chi connectivity index (χ1v) is 6.73. The molecular weight excluding hydrogens is 254 g/mol. The first kappa shape index (κ1) is 12.7. The van der Waals surface area contributed by atoms with E-state index in [2.05, 4.69) is 21.2 Å². The van der Waals surface area contributed by atoms with E-state index in [0.29, 0.717) is 12.2 Å². The summed E-state index contributed by atoms with van der Waals surface area (Å²) in [6, 6.07) is 6.11. The van der Waals surface area contributed by atoms with E-state index in [0.717, 1.165) is 24.5 Å². The molecule has 1 aromatic heterocycles. The van der Waals surface area contributed by atoms with Crippen LogP contribution >= 0.6 is 0 Å². The maximum absolute atomic E-state index is 11.7. The summed E-state index contributed by atoms with van der Waals surface area (Å²) in [5.74, 6) is 0.933. The molecule has 1 aliphatic heterocycles. The van der Waals surface area contributed by atoms with E-state index in [-0.39, 0.29) is 5.56 Å². The fraction of sp³-hybridized carbons (Fsp3) is 0.333. The van der Waals surface area contributed by atoms with Crippen LogP contribution in [0.4, 0.5) is 5.69 Å². The monoisotopic (exact) mass is 271 g/mol. The molecule has 0 spiro atoms. The number of aromatic amines is 1. The zero-order valence-corrected chi connectivity index (χ0v) is 11.6. The molecule has 2 aromatic rings. The van der Waals surface area contributed by atoms with Gasteiger partial charge in [-0.3, -0.25) is 4.79 Å². The van der Waals surface area contributed by atoms with Crippen LogP contribution in [0.25, 0.3) is 0 Å². The van der Waals surface area contributed by atoms with Gasteiger partial charge in [0.05, 0.1) is 18.5 Å². The molecule has 0 radical (unpaired) electrons. The molecule has 2 heterocycles. The first-order chi connectivity index (χ1) is 9.70. The Kier molecular flexibility index (Phi) is 3.18. The van der Waals surface area contributed by atoms with Gasteiger partial charge in [-0.1, -0.05) is 12.1 Å². The Morgan fingerprint density at radius 1 is 1.40 bits per heavy atom. The maximum atomic E-state index is 11.7. The van der Waals surface area contributed by atoms with Crippen molar-refractivity contribution < 1.29 is 4.74 Å². The second kappa shape index (κ2) is 5.00. The normalized spacial score (nSPS) is 13.4. The number of aromatic nitrogens is 2. The standard InChI is InChI=1S/C15H17N3O2/c1-3-20-14-6-4-5-11-8-18(9-12(11)14)13-7-16-17-15(19)10(13)2/h4-7H,3,8-9H2,1-2H3,(H,17,19). The zero-order valence-electron chi connectivity index (χ0n) is 11.6. The van der Waals surface area contributed by atoms with Crippen LogP contribution in [-0.2, 0) is 13.1 Å². The van der Waals surface area contributed by atoms with Gasteiger partial charge in [-0.15, -0.1) is 0 Å². The van der Waals surface area contributed by atoms with Crippen LogP contribution in [0.15, 0.2) is 29.2 Å². The highest BCUT2D eigenvalue weighted by Gasteiger charge is 2.24. The predicted octanol–water partition coefficient (Wildman–Crippen LogP) is 2.00. The molecule has 0 bridgehead atoms. The van der Waals surface area contributed by atoms with Gasteiger partial charge in [0, 0.05) is 24.2 Å². The lowest BCUT2D eigenvalue weighted by Gasteiger charge is -2.18. The lowest BCUT2D eigenvalue weighted by Crippen LogP contribution is -2.21. The fourth-order valence-electron chi connectivity index (χ4n) is 2.62. The number of benzene rings is 1. The summed E-state index contributed by atoms with van der Waals surface area (Å²) < 4.78 is 5.68. The quantitative estimate of drug-likeness (QED) is 0.927. The number of anilines is 1. The highest BCUT2D eigenvalue weighted by molar-refractivity contribution is 5.57. The van der Waals surface area contributed by atoms with Crippen molar-refractivity contribution in [2.45, 2.75) is 26.9 Å². The van der Waals surface area contributed by atoms with Crippen LogP contribution in [0.2, 0.25) is 0 Å². The number of nitrogens with zero attached hydrogens (tertiary/aromatic N) is 2. The fourth-order valence-corrected chi connectivity index (χ4v) is 2.62. The average Bonchev–Trinajstić information content (AvgIpc) is 2.87. The van der Waals surface area contributed by atoms with E-state index in [9.17, 15) is 4.79 Å². The van der Waals surface area contributed by atoms with Crippen LogP contribution in [0.1, 0.15) is 23.6 Å². The number of hydrogen-bond acceptors (Lipinski definition) is 4. The Balaban J connectivity index is 1.96. The topological polar surface area (TPSA) is 58.2 Å². The molecule has 0 atom stereocenters. The third-order valence-corrected chi connectivity index (χ3v) is 3.66. The van der Waals surface area contributed by atoms with Gasteiger partial charge < -0.3 is 9.64 Å². The van der Waals surface area contributed by atoms with Gasteiger partial charge in [0.25, 0.3) is 5.56 Å². The lowest BCUT2D eigenvalue weighted by atomic mass is 10.1. The summed E-state index contributed by atoms with van der Waals surface area (Å²) in [5.41, 5.74) is 3.89. The molecule has 1 N–H and O–H groups in total. The van der Waals surface area contributed by atoms with Crippen molar-refractivity contribution >= 4 is 5.69 Å². The van der Waals surface area contributed by atoms with Gasteiger partial charge in [-0.25, -0.2) is 5.10 Å². The van der Waals surface area contributed by atoms with Crippen molar-refractivity contribution in [3.63, 3.8) is 0 Å². The summed E-state index contributed by atoms with van der Waals surface area (Å²) in [7, 11) is 0. The van der Waals surface area contributed by atoms with E-state index in [1.54, 1.807) is 6.20 Å². The summed E-state index contributed by atoms with van der Waals surface area (Å²) in [4.78, 5) is 13.8. The molecule has 0 aliphatic carbocycles. The zero-order chi connectivity index (χ0) is 14.1. The molecule has 1 aromatic carbocycles. The summed E-state index contributed by atoms with van der Waals surface area (Å²) in [6.45, 7) is 5.99. The number of ether oxygens (including phenoxy) is 1. The second-order valence-corrected chi connectivity index (χ2v) is 4.89. The highest BCUT2D eigenvalue weighted by atomic mass is 16.5. The van der Waals surface area contributed by atoms with Crippen molar-refractivity contribution in [3.8, 4) is 5.75 Å². The largest absolute Gasteiger partial charge is 0.494 e. The Labute approximate surface area is 117 Å². The minimum absolute atomic E-state index is 0.136. The minimum Gasteiger partial charge on any atom is -0.494 e. The molecule has 0 saturated carbocycles. The second-order valence-electron chi connectivity index (χ2n) is 4.89. The number of fused-ring (bicyclic) bond motifs is 1. The molecule has 20 heavy (non-hydrogen) atoms. The average molecular weight is 271 g/mol. The Hall–Kier alpha value is -2.30. The van der Waals surface area contributed by atoms with Gasteiger partial charge in [-0.05, 0) is 25.5 Å². The smallest absolute Gasteiger partial charge is 0.269 e.